The normalized spacial score (nSPS) is 12.3. The fraction of sp³-hybridized carbons (Fsp3) is 0.222. The summed E-state index contributed by atoms with van der Waals surface area (Å²) in [5.74, 6) is 1.33. The smallest absolute Gasteiger partial charge is 0.252 e. The van der Waals surface area contributed by atoms with Crippen LogP contribution in [0.25, 0.3) is 0 Å². The lowest BCUT2D eigenvalue weighted by molar-refractivity contribution is 0.802. The third kappa shape index (κ3) is 2.22. The van der Waals surface area contributed by atoms with E-state index in [1.54, 1.807) is 12.4 Å². The van der Waals surface area contributed by atoms with Crippen molar-refractivity contribution in [2.24, 2.45) is 0 Å². The predicted molar refractivity (Wildman–Crippen MR) is 55.5 cm³/mol. The number of aromatic nitrogens is 4. The van der Waals surface area contributed by atoms with Crippen molar-refractivity contribution in [3.05, 3.63) is 41.0 Å². The van der Waals surface area contributed by atoms with Crippen molar-refractivity contribution in [1.82, 2.24) is 19.9 Å². The number of imidazole rings is 1. The minimum atomic E-state index is -0.181. The molecule has 1 atom stereocenters. The van der Waals surface area contributed by atoms with Crippen LogP contribution in [-0.2, 0) is 0 Å². The second-order valence-electron chi connectivity index (χ2n) is 3.14. The van der Waals surface area contributed by atoms with Crippen molar-refractivity contribution in [2.75, 3.05) is 5.32 Å². The van der Waals surface area contributed by atoms with Gasteiger partial charge in [0.2, 0.25) is 0 Å². The first-order chi connectivity index (χ1) is 7.25. The molecule has 0 saturated carbocycles. The minimum Gasteiger partial charge on any atom is -0.360 e. The van der Waals surface area contributed by atoms with Gasteiger partial charge in [-0.05, 0) is 6.92 Å². The molecule has 3 N–H and O–H groups in total. The van der Waals surface area contributed by atoms with Crippen molar-refractivity contribution in [2.45, 2.75) is 13.0 Å². The summed E-state index contributed by atoms with van der Waals surface area (Å²) in [4.78, 5) is 24.5. The zero-order valence-corrected chi connectivity index (χ0v) is 8.19. The first kappa shape index (κ1) is 9.45. The second kappa shape index (κ2) is 3.95. The highest BCUT2D eigenvalue weighted by Crippen LogP contribution is 2.11. The van der Waals surface area contributed by atoms with Gasteiger partial charge >= 0.3 is 0 Å². The monoisotopic (exact) mass is 205 g/mol. The van der Waals surface area contributed by atoms with E-state index in [1.807, 2.05) is 6.92 Å². The molecule has 0 aliphatic carbocycles. The van der Waals surface area contributed by atoms with Crippen LogP contribution >= 0.6 is 0 Å². The van der Waals surface area contributed by atoms with E-state index in [0.29, 0.717) is 5.82 Å². The molecular formula is C9H11N5O. The molecule has 6 nitrogen and oxygen atoms in total. The summed E-state index contributed by atoms with van der Waals surface area (Å²) in [5.41, 5.74) is -0.181. The van der Waals surface area contributed by atoms with Gasteiger partial charge in [-0.25, -0.2) is 9.97 Å². The molecule has 0 radical (unpaired) electrons. The predicted octanol–water partition coefficient (Wildman–Crippen LogP) is 0.666. The van der Waals surface area contributed by atoms with Crippen molar-refractivity contribution < 1.29 is 0 Å². The summed E-state index contributed by atoms with van der Waals surface area (Å²) in [6.07, 6.45) is 4.79. The van der Waals surface area contributed by atoms with Gasteiger partial charge in [0.15, 0.2) is 0 Å². The Morgan fingerprint density at radius 1 is 1.40 bits per heavy atom. The van der Waals surface area contributed by atoms with E-state index in [-0.39, 0.29) is 11.6 Å². The molecule has 6 heteroatoms. The number of anilines is 1. The van der Waals surface area contributed by atoms with E-state index >= 15 is 0 Å². The van der Waals surface area contributed by atoms with Crippen LogP contribution in [0.5, 0.6) is 0 Å². The van der Waals surface area contributed by atoms with Gasteiger partial charge in [0, 0.05) is 18.5 Å². The largest absolute Gasteiger partial charge is 0.360 e. The van der Waals surface area contributed by atoms with Crippen LogP contribution in [0.1, 0.15) is 18.8 Å². The van der Waals surface area contributed by atoms with Crippen LogP contribution in [0, 0.1) is 0 Å². The first-order valence-electron chi connectivity index (χ1n) is 4.56. The molecule has 0 amide bonds. The van der Waals surface area contributed by atoms with Crippen LogP contribution in [0.3, 0.4) is 0 Å². The van der Waals surface area contributed by atoms with Gasteiger partial charge in [-0.1, -0.05) is 0 Å². The number of hydrogen-bond acceptors (Lipinski definition) is 4. The Labute approximate surface area is 85.8 Å². The highest BCUT2D eigenvalue weighted by atomic mass is 16.1. The van der Waals surface area contributed by atoms with Gasteiger partial charge in [-0.15, -0.1) is 0 Å². The zero-order chi connectivity index (χ0) is 10.7. The van der Waals surface area contributed by atoms with Crippen LogP contribution in [0.4, 0.5) is 5.82 Å². The Bertz CT molecular complexity index is 475. The van der Waals surface area contributed by atoms with Crippen molar-refractivity contribution >= 4 is 5.82 Å². The first-order valence-corrected chi connectivity index (χ1v) is 4.56. The number of nitrogens with one attached hydrogen (secondary N) is 3. The lowest BCUT2D eigenvalue weighted by atomic mass is 10.3. The van der Waals surface area contributed by atoms with Crippen molar-refractivity contribution in [3.63, 3.8) is 0 Å². The van der Waals surface area contributed by atoms with Crippen LogP contribution < -0.4 is 10.9 Å². The molecule has 1 unspecified atom stereocenters. The molecule has 78 valence electrons. The Morgan fingerprint density at radius 3 is 2.93 bits per heavy atom. The van der Waals surface area contributed by atoms with Crippen LogP contribution in [0.15, 0.2) is 29.6 Å². The molecule has 2 heterocycles. The average Bonchev–Trinajstić information content (AvgIpc) is 2.70. The second-order valence-corrected chi connectivity index (χ2v) is 3.14. The molecule has 0 aliphatic heterocycles. The number of aromatic amines is 2. The molecule has 2 rings (SSSR count). The molecule has 0 spiro atoms. The van der Waals surface area contributed by atoms with Gasteiger partial charge in [0.1, 0.15) is 11.6 Å². The van der Waals surface area contributed by atoms with Gasteiger partial charge in [-0.2, -0.15) is 0 Å². The summed E-state index contributed by atoms with van der Waals surface area (Å²) < 4.78 is 0. The van der Waals surface area contributed by atoms with Crippen LogP contribution in [-0.4, -0.2) is 19.9 Å². The van der Waals surface area contributed by atoms with E-state index in [1.165, 1.54) is 12.4 Å². The number of hydrogen-bond donors (Lipinski definition) is 3. The molecule has 15 heavy (non-hydrogen) atoms. The van der Waals surface area contributed by atoms with E-state index in [9.17, 15) is 4.79 Å². The Balaban J connectivity index is 2.12. The number of rotatable bonds is 3. The third-order valence-electron chi connectivity index (χ3n) is 1.97. The molecule has 0 aliphatic rings. The summed E-state index contributed by atoms with van der Waals surface area (Å²) in [7, 11) is 0. The van der Waals surface area contributed by atoms with E-state index in [4.69, 9.17) is 0 Å². The number of H-pyrrole nitrogens is 2. The molecule has 0 fully saturated rings. The Kier molecular flexibility index (Phi) is 2.49. The van der Waals surface area contributed by atoms with Crippen molar-refractivity contribution in [1.29, 1.82) is 0 Å². The van der Waals surface area contributed by atoms with Crippen molar-refractivity contribution in [3.8, 4) is 0 Å². The quantitative estimate of drug-likeness (QED) is 0.687. The maximum Gasteiger partial charge on any atom is 0.252 e. The third-order valence-corrected chi connectivity index (χ3v) is 1.97. The van der Waals surface area contributed by atoms with E-state index < -0.39 is 0 Å². The summed E-state index contributed by atoms with van der Waals surface area (Å²) in [5, 5.41) is 3.06. The van der Waals surface area contributed by atoms with E-state index in [0.717, 1.165) is 5.82 Å². The maximum atomic E-state index is 11.0. The van der Waals surface area contributed by atoms with Gasteiger partial charge < -0.3 is 15.3 Å². The fourth-order valence-electron chi connectivity index (χ4n) is 1.25. The zero-order valence-electron chi connectivity index (χ0n) is 8.19. The summed E-state index contributed by atoms with van der Waals surface area (Å²) >= 11 is 0. The fourth-order valence-corrected chi connectivity index (χ4v) is 1.25. The van der Waals surface area contributed by atoms with Gasteiger partial charge in [0.05, 0.1) is 12.4 Å². The van der Waals surface area contributed by atoms with E-state index in [2.05, 4.69) is 25.3 Å². The molecular weight excluding hydrogens is 194 g/mol. The summed E-state index contributed by atoms with van der Waals surface area (Å²) in [6.45, 7) is 1.93. The highest BCUT2D eigenvalue weighted by molar-refractivity contribution is 5.33. The minimum absolute atomic E-state index is 0.0192. The average molecular weight is 205 g/mol. The molecule has 0 aromatic carbocycles. The lowest BCUT2D eigenvalue weighted by Crippen LogP contribution is -2.13. The lowest BCUT2D eigenvalue weighted by Gasteiger charge is -2.10. The molecule has 2 aromatic rings. The number of nitrogens with zero attached hydrogens (tertiary/aromatic N) is 2. The highest BCUT2D eigenvalue weighted by Gasteiger charge is 2.07. The maximum absolute atomic E-state index is 11.0. The standard InChI is InChI=1S/C9H11N5O/c1-6(9-10-2-3-11-9)14-7-4-8(15)13-5-12-7/h2-6H,1H3,(H,10,11)(H2,12,13,14,15). The molecule has 0 saturated heterocycles. The van der Waals surface area contributed by atoms with Gasteiger partial charge in [-0.3, -0.25) is 4.79 Å². The van der Waals surface area contributed by atoms with Crippen LogP contribution in [0.2, 0.25) is 0 Å². The van der Waals surface area contributed by atoms with Gasteiger partial charge in [0.25, 0.3) is 5.56 Å². The summed E-state index contributed by atoms with van der Waals surface area (Å²) in [6, 6.07) is 1.38. The molecule has 0 bridgehead atoms. The Hall–Kier alpha value is -2.11. The molecule has 2 aromatic heterocycles. The Morgan fingerprint density at radius 2 is 2.27 bits per heavy atom. The topological polar surface area (TPSA) is 86.5 Å². The SMILES string of the molecule is CC(Nc1cc(=O)[nH]cn1)c1ncc[nH]1.